The highest BCUT2D eigenvalue weighted by atomic mass is 16.3. The van der Waals surface area contributed by atoms with Gasteiger partial charge < -0.3 is 19.3 Å². The molecule has 1 aromatic heterocycles. The van der Waals surface area contributed by atoms with Gasteiger partial charge in [-0.15, -0.1) is 0 Å². The van der Waals surface area contributed by atoms with E-state index in [2.05, 4.69) is 18.7 Å². The molecule has 1 saturated heterocycles. The molecular formula is C25H30N2O4. The van der Waals surface area contributed by atoms with Gasteiger partial charge in [-0.05, 0) is 62.0 Å². The molecule has 0 saturated carbocycles. The maximum atomic E-state index is 13.3. The Morgan fingerprint density at radius 2 is 1.77 bits per heavy atom. The van der Waals surface area contributed by atoms with E-state index < -0.39 is 23.5 Å². The van der Waals surface area contributed by atoms with Crippen LogP contribution in [0.4, 0.5) is 0 Å². The SMILES string of the molecule is Cc1ccc(C(=O)C2=C(O)C(=O)N(CCN3CCCC3)C2c2ccc(C(C)C)cc2)o1. The maximum absolute atomic E-state index is 13.3. The smallest absolute Gasteiger partial charge is 0.290 e. The van der Waals surface area contributed by atoms with E-state index in [4.69, 9.17) is 4.42 Å². The fourth-order valence-electron chi connectivity index (χ4n) is 4.47. The number of carbonyl (C=O) groups excluding carboxylic acids is 2. The summed E-state index contributed by atoms with van der Waals surface area (Å²) >= 11 is 0. The minimum absolute atomic E-state index is 0.0954. The first-order valence-corrected chi connectivity index (χ1v) is 11.0. The summed E-state index contributed by atoms with van der Waals surface area (Å²) in [5.74, 6) is -0.294. The van der Waals surface area contributed by atoms with Crippen LogP contribution < -0.4 is 0 Å². The molecule has 31 heavy (non-hydrogen) atoms. The van der Waals surface area contributed by atoms with Crippen LogP contribution in [0.25, 0.3) is 0 Å². The number of Topliss-reactive ketones (excluding diaryl/α,β-unsaturated/α-hetero) is 1. The third-order valence-electron chi connectivity index (χ3n) is 6.29. The summed E-state index contributed by atoms with van der Waals surface area (Å²) < 4.78 is 5.52. The fourth-order valence-corrected chi connectivity index (χ4v) is 4.47. The van der Waals surface area contributed by atoms with Crippen LogP contribution in [0.15, 0.2) is 52.1 Å². The summed E-state index contributed by atoms with van der Waals surface area (Å²) in [6.45, 7) is 9.22. The van der Waals surface area contributed by atoms with Crippen molar-refractivity contribution in [2.24, 2.45) is 0 Å². The highest BCUT2D eigenvalue weighted by Gasteiger charge is 2.44. The van der Waals surface area contributed by atoms with Crippen molar-refractivity contribution in [3.8, 4) is 0 Å². The van der Waals surface area contributed by atoms with Gasteiger partial charge in [0, 0.05) is 13.1 Å². The van der Waals surface area contributed by atoms with Crippen LogP contribution in [0.5, 0.6) is 0 Å². The summed E-state index contributed by atoms with van der Waals surface area (Å²) in [4.78, 5) is 30.3. The van der Waals surface area contributed by atoms with Crippen molar-refractivity contribution in [3.63, 3.8) is 0 Å². The van der Waals surface area contributed by atoms with E-state index in [0.717, 1.165) is 25.2 Å². The largest absolute Gasteiger partial charge is 0.503 e. The van der Waals surface area contributed by atoms with Gasteiger partial charge in [-0.25, -0.2) is 0 Å². The Morgan fingerprint density at radius 3 is 2.35 bits per heavy atom. The molecule has 1 atom stereocenters. The minimum Gasteiger partial charge on any atom is -0.503 e. The molecule has 2 aliphatic rings. The van der Waals surface area contributed by atoms with Crippen molar-refractivity contribution in [1.29, 1.82) is 0 Å². The standard InChI is InChI=1S/C25H30N2O4/c1-16(2)18-7-9-19(10-8-18)22-21(23(28)20-11-6-17(3)31-20)24(29)25(30)27(22)15-14-26-12-4-5-13-26/h6-11,16,22,29H,4-5,12-15H2,1-3H3. The van der Waals surface area contributed by atoms with Crippen molar-refractivity contribution in [2.45, 2.75) is 45.6 Å². The van der Waals surface area contributed by atoms with Crippen molar-refractivity contribution < 1.29 is 19.1 Å². The lowest BCUT2D eigenvalue weighted by atomic mass is 9.93. The van der Waals surface area contributed by atoms with Crippen molar-refractivity contribution in [2.75, 3.05) is 26.2 Å². The van der Waals surface area contributed by atoms with Gasteiger partial charge in [-0.3, -0.25) is 9.59 Å². The zero-order valence-corrected chi connectivity index (χ0v) is 18.4. The lowest BCUT2D eigenvalue weighted by molar-refractivity contribution is -0.129. The molecule has 1 unspecified atom stereocenters. The van der Waals surface area contributed by atoms with Crippen LogP contribution in [0.1, 0.15) is 66.1 Å². The van der Waals surface area contributed by atoms with Gasteiger partial charge in [0.1, 0.15) is 5.76 Å². The second kappa shape index (κ2) is 8.71. The summed E-state index contributed by atoms with van der Waals surface area (Å²) in [7, 11) is 0. The third kappa shape index (κ3) is 4.17. The molecule has 164 valence electrons. The molecule has 1 amide bonds. The van der Waals surface area contributed by atoms with Crippen LogP contribution >= 0.6 is 0 Å². The average Bonchev–Trinajstić information content (AvgIpc) is 3.48. The first kappa shape index (κ1) is 21.4. The van der Waals surface area contributed by atoms with E-state index in [9.17, 15) is 14.7 Å². The van der Waals surface area contributed by atoms with Crippen LogP contribution in [0.2, 0.25) is 0 Å². The van der Waals surface area contributed by atoms with E-state index >= 15 is 0 Å². The molecule has 4 rings (SSSR count). The number of benzene rings is 1. The first-order valence-electron chi connectivity index (χ1n) is 11.0. The van der Waals surface area contributed by atoms with Crippen molar-refractivity contribution in [3.05, 3.63) is 70.4 Å². The molecule has 2 aliphatic heterocycles. The first-order chi connectivity index (χ1) is 14.9. The molecule has 1 N–H and O–H groups in total. The van der Waals surface area contributed by atoms with E-state index in [1.165, 1.54) is 18.4 Å². The molecule has 0 aliphatic carbocycles. The highest BCUT2D eigenvalue weighted by Crippen LogP contribution is 2.39. The van der Waals surface area contributed by atoms with Crippen LogP contribution in [0, 0.1) is 6.92 Å². The number of likely N-dealkylation sites (tertiary alicyclic amines) is 1. The van der Waals surface area contributed by atoms with E-state index in [0.29, 0.717) is 18.2 Å². The van der Waals surface area contributed by atoms with Crippen molar-refractivity contribution >= 4 is 11.7 Å². The fraction of sp³-hybridized carbons (Fsp3) is 0.440. The molecule has 6 heteroatoms. The van der Waals surface area contributed by atoms with Gasteiger partial charge in [0.05, 0.1) is 11.6 Å². The monoisotopic (exact) mass is 422 g/mol. The molecule has 3 heterocycles. The number of ketones is 1. The number of nitrogens with zero attached hydrogens (tertiary/aromatic N) is 2. The predicted molar refractivity (Wildman–Crippen MR) is 118 cm³/mol. The number of carbonyl (C=O) groups is 2. The Kier molecular flexibility index (Phi) is 6.01. The zero-order valence-electron chi connectivity index (χ0n) is 18.4. The molecule has 0 radical (unpaired) electrons. The Labute approximate surface area is 183 Å². The van der Waals surface area contributed by atoms with Gasteiger partial charge in [0.15, 0.2) is 11.5 Å². The molecule has 1 aromatic carbocycles. The Morgan fingerprint density at radius 1 is 1.10 bits per heavy atom. The number of aryl methyl sites for hydroxylation is 1. The number of amides is 1. The lowest BCUT2D eigenvalue weighted by Crippen LogP contribution is -2.37. The number of hydrogen-bond donors (Lipinski definition) is 1. The Hall–Kier alpha value is -2.86. The summed E-state index contributed by atoms with van der Waals surface area (Å²) in [5, 5.41) is 10.7. The Bertz CT molecular complexity index is 997. The molecule has 1 fully saturated rings. The summed E-state index contributed by atoms with van der Waals surface area (Å²) in [5.41, 5.74) is 2.09. The lowest BCUT2D eigenvalue weighted by Gasteiger charge is -2.28. The van der Waals surface area contributed by atoms with Crippen LogP contribution in [-0.2, 0) is 4.79 Å². The number of rotatable bonds is 7. The number of aliphatic hydroxyl groups is 1. The van der Waals surface area contributed by atoms with Crippen LogP contribution in [0.3, 0.4) is 0 Å². The Balaban J connectivity index is 1.69. The second-order valence-corrected chi connectivity index (χ2v) is 8.77. The molecule has 0 bridgehead atoms. The third-order valence-corrected chi connectivity index (χ3v) is 6.29. The molecule has 2 aromatic rings. The average molecular weight is 423 g/mol. The topological polar surface area (TPSA) is 74.0 Å². The molecule has 6 nitrogen and oxygen atoms in total. The van der Waals surface area contributed by atoms with Gasteiger partial charge >= 0.3 is 0 Å². The van der Waals surface area contributed by atoms with Gasteiger partial charge in [-0.2, -0.15) is 0 Å². The summed E-state index contributed by atoms with van der Waals surface area (Å²) in [6.07, 6.45) is 2.33. The van der Waals surface area contributed by atoms with E-state index in [-0.39, 0.29) is 11.3 Å². The van der Waals surface area contributed by atoms with Gasteiger partial charge in [0.2, 0.25) is 5.78 Å². The summed E-state index contributed by atoms with van der Waals surface area (Å²) in [6, 6.07) is 10.6. The van der Waals surface area contributed by atoms with E-state index in [1.807, 2.05) is 24.3 Å². The number of hydrogen-bond acceptors (Lipinski definition) is 5. The normalized spacial score (nSPS) is 19.8. The highest BCUT2D eigenvalue weighted by molar-refractivity contribution is 6.15. The predicted octanol–water partition coefficient (Wildman–Crippen LogP) is 4.39. The zero-order chi connectivity index (χ0) is 22.1. The van der Waals surface area contributed by atoms with E-state index in [1.54, 1.807) is 24.0 Å². The minimum atomic E-state index is -0.630. The molecular weight excluding hydrogens is 392 g/mol. The number of aliphatic hydroxyl groups excluding tert-OH is 1. The van der Waals surface area contributed by atoms with Crippen molar-refractivity contribution in [1.82, 2.24) is 9.80 Å². The second-order valence-electron chi connectivity index (χ2n) is 8.77. The van der Waals surface area contributed by atoms with Gasteiger partial charge in [0.25, 0.3) is 5.91 Å². The van der Waals surface area contributed by atoms with Crippen LogP contribution in [-0.4, -0.2) is 52.8 Å². The number of furan rings is 1. The maximum Gasteiger partial charge on any atom is 0.290 e. The molecule has 0 spiro atoms. The van der Waals surface area contributed by atoms with Gasteiger partial charge in [-0.1, -0.05) is 38.1 Å². The quantitative estimate of drug-likeness (QED) is 0.670.